The van der Waals surface area contributed by atoms with E-state index >= 15 is 0 Å². The van der Waals surface area contributed by atoms with Gasteiger partial charge >= 0.3 is 0 Å². The molecule has 0 fully saturated rings. The first-order valence-corrected chi connectivity index (χ1v) is 38.8. The number of ether oxygens (including phenoxy) is 3. The van der Waals surface area contributed by atoms with Crippen molar-refractivity contribution in [3.05, 3.63) is 269 Å². The van der Waals surface area contributed by atoms with Gasteiger partial charge in [-0.05, 0) is 206 Å². The fourth-order valence-corrected chi connectivity index (χ4v) is 12.5. The summed E-state index contributed by atoms with van der Waals surface area (Å²) in [5, 5.41) is 39.1. The van der Waals surface area contributed by atoms with Gasteiger partial charge in [-0.1, -0.05) is 97.1 Å². The number of nitrogens with zero attached hydrogens (tertiary/aromatic N) is 8. The maximum absolute atomic E-state index is 10.6. The number of nitrogens with one attached hydrogen (secondary N) is 2. The van der Waals surface area contributed by atoms with E-state index in [0.29, 0.717) is 18.1 Å². The second-order valence-electron chi connectivity index (χ2n) is 27.2. The first kappa shape index (κ1) is 89.6. The number of phosphoric acid groups is 1. The van der Waals surface area contributed by atoms with Crippen molar-refractivity contribution >= 4 is 47.5 Å². The lowest BCUT2D eigenvalue weighted by atomic mass is 9.70. The number of phosphoric ester groups is 1. The first-order chi connectivity index (χ1) is 52.2. The van der Waals surface area contributed by atoms with Crippen molar-refractivity contribution in [2.45, 2.75) is 52.4 Å². The fraction of sp³-hybridized carbons (Fsp3) is 0.360. The van der Waals surface area contributed by atoms with Crippen molar-refractivity contribution in [2.75, 3.05) is 188 Å². The molecule has 109 heavy (non-hydrogen) atoms. The van der Waals surface area contributed by atoms with Gasteiger partial charge in [0.05, 0.1) is 79.1 Å². The number of anilines is 5. The quantitative estimate of drug-likeness (QED) is 0.0143. The molecule has 0 amide bonds. The van der Waals surface area contributed by atoms with E-state index in [9.17, 15) is 24.9 Å². The number of benzene rings is 8. The summed E-state index contributed by atoms with van der Waals surface area (Å²) in [5.41, 5.74) is 14.2. The van der Waals surface area contributed by atoms with E-state index in [1.165, 1.54) is 56.2 Å². The number of aliphatic hydroxyl groups is 2. The molecular formula is C89H118N10O9P+. The Hall–Kier alpha value is -10.0. The molecule has 4 N–H and O–H groups in total. The summed E-state index contributed by atoms with van der Waals surface area (Å²) in [5.74, 6) is 1.88. The van der Waals surface area contributed by atoms with Crippen LogP contribution in [0.1, 0.15) is 86.1 Å². The van der Waals surface area contributed by atoms with E-state index < -0.39 is 18.7 Å². The van der Waals surface area contributed by atoms with Crippen LogP contribution in [0.15, 0.2) is 224 Å². The molecule has 582 valence electrons. The normalized spacial score (nSPS) is 11.6. The molecule has 20 heteroatoms. The zero-order chi connectivity index (χ0) is 80.3. The molecule has 19 nitrogen and oxygen atoms in total. The summed E-state index contributed by atoms with van der Waals surface area (Å²) in [7, 11) is 19.0. The van der Waals surface area contributed by atoms with Gasteiger partial charge in [-0.15, -0.1) is 0 Å². The second kappa shape index (κ2) is 45.1. The van der Waals surface area contributed by atoms with E-state index in [4.69, 9.17) is 24.4 Å². The summed E-state index contributed by atoms with van der Waals surface area (Å²) in [4.78, 5) is 34.7. The molecule has 8 aromatic rings. The van der Waals surface area contributed by atoms with Crippen LogP contribution < -0.4 is 58.3 Å². The Morgan fingerprint density at radius 3 is 0.853 bits per heavy atom. The number of aliphatic hydroxyl groups excluding tert-OH is 2. The Kier molecular flexibility index (Phi) is 37.1. The maximum atomic E-state index is 10.6. The zero-order valence-electron chi connectivity index (χ0n) is 67.5. The van der Waals surface area contributed by atoms with Crippen LogP contribution >= 0.6 is 7.82 Å². The van der Waals surface area contributed by atoms with Gasteiger partial charge in [0, 0.05) is 111 Å². The maximum Gasteiger partial charge on any atom is 0.199 e. The van der Waals surface area contributed by atoms with Gasteiger partial charge in [0.15, 0.2) is 5.71 Å². The van der Waals surface area contributed by atoms with Gasteiger partial charge in [0.25, 0.3) is 0 Å². The van der Waals surface area contributed by atoms with Crippen LogP contribution in [0.3, 0.4) is 0 Å². The molecule has 0 aliphatic heterocycles. The highest BCUT2D eigenvalue weighted by Gasteiger charge is 2.38. The summed E-state index contributed by atoms with van der Waals surface area (Å²) in [6, 6.07) is 68.4. The van der Waals surface area contributed by atoms with Crippen molar-refractivity contribution in [3.63, 3.8) is 0 Å². The lowest BCUT2D eigenvalue weighted by Gasteiger charge is -2.30. The molecule has 8 aromatic carbocycles. The topological polar surface area (TPSA) is 216 Å². The van der Waals surface area contributed by atoms with Crippen LogP contribution in [-0.4, -0.2) is 184 Å². The van der Waals surface area contributed by atoms with Crippen molar-refractivity contribution in [1.82, 2.24) is 0 Å². The minimum atomic E-state index is -5.03. The number of nitriles is 2. The first-order valence-electron chi connectivity index (χ1n) is 37.3. The Morgan fingerprint density at radius 1 is 0.394 bits per heavy atom. The molecule has 0 bridgehead atoms. The summed E-state index contributed by atoms with van der Waals surface area (Å²) < 4.78 is 33.4. The van der Waals surface area contributed by atoms with Crippen molar-refractivity contribution < 1.29 is 57.7 Å². The summed E-state index contributed by atoms with van der Waals surface area (Å²) in [6.07, 6.45) is 8.62. The third-order valence-electron chi connectivity index (χ3n) is 19.0. The molecule has 1 aliphatic carbocycles. The highest BCUT2D eigenvalue weighted by Crippen LogP contribution is 2.43. The lowest BCUT2D eigenvalue weighted by molar-refractivity contribution is -0.894. The van der Waals surface area contributed by atoms with Gasteiger partial charge in [0.2, 0.25) is 0 Å². The predicted molar refractivity (Wildman–Crippen MR) is 445 cm³/mol. The second-order valence-corrected chi connectivity index (χ2v) is 28.4. The van der Waals surface area contributed by atoms with Gasteiger partial charge in [0.1, 0.15) is 62.0 Å². The van der Waals surface area contributed by atoms with E-state index in [-0.39, 0.29) is 33.0 Å². The minimum Gasteiger partial charge on any atom is -0.790 e. The number of rotatable bonds is 30. The summed E-state index contributed by atoms with van der Waals surface area (Å²) >= 11 is 0. The molecular weight excluding hydrogens is 1380 g/mol. The Labute approximate surface area is 650 Å². The van der Waals surface area contributed by atoms with E-state index in [2.05, 4.69) is 128 Å². The van der Waals surface area contributed by atoms with Gasteiger partial charge in [-0.3, -0.25) is 0 Å². The van der Waals surface area contributed by atoms with Crippen molar-refractivity contribution in [2.24, 2.45) is 0 Å². The lowest BCUT2D eigenvalue weighted by Crippen LogP contribution is -3.11. The molecule has 9 rings (SSSR count). The SMILES string of the molecule is CC[NH+](CC)CC.CC[NH+](CC)CC.CN(C)c1ccc(C(=C2C=CC(=[N+](C)C)C=C2)c2ccc(OCCO)cc2)cc1.CN(C)c1ccc(C(C#N)(c2ccc(OCCO)cc2)c2ccc(N(C)C)cc2)cc1.CN(C)c1ccc(C(C#N)(c2ccc(OCCOP(=O)([O-])[O-])cc2)c2ccc(N(C)C)cc2)cc1. The standard InChI is InChI=1S/C26H30N3O5P.C26H29N3O2.C25H29N2O2.2C6H15N/c1-28(2)23-11-5-20(6-12-23)26(19-27,21-7-13-24(14-8-21)29(3)4)22-9-15-25(16-10-22)33-17-18-34-35(30,31)32;1-28(2)23-11-5-20(6-12-23)26(19-27,21-7-13-24(14-8-21)29(3)4)22-9-15-25(16-10-22)31-18-17-30;1-26(2)22-11-5-19(6-12-22)25(20-7-13-23(14-8-20)27(3)4)21-9-15-24(16-10-21)29-18-17-28;2*1-4-7(5-2)6-3/h5-16H,17-18H2,1-4H3,(H2,30,31,32);5-16,30H,17-18H2,1-4H3;5-16,28H,17-18H2,1-4H3;2*4-6H2,1-3H3/q;;+1;;. The monoisotopic (exact) mass is 1500 g/mol. The molecule has 0 heterocycles. The zero-order valence-corrected chi connectivity index (χ0v) is 68.4. The van der Waals surface area contributed by atoms with Crippen LogP contribution in [0.2, 0.25) is 0 Å². The van der Waals surface area contributed by atoms with Crippen molar-refractivity contribution in [3.8, 4) is 29.4 Å². The van der Waals surface area contributed by atoms with E-state index in [1.54, 1.807) is 21.9 Å². The Bertz CT molecular complexity index is 4100. The molecule has 0 saturated carbocycles. The van der Waals surface area contributed by atoms with E-state index in [0.717, 1.165) is 78.6 Å². The Balaban J connectivity index is 0.000000269. The molecule has 0 saturated heterocycles. The highest BCUT2D eigenvalue weighted by atomic mass is 31.2. The minimum absolute atomic E-state index is 0.00950. The number of hydrogen-bond donors (Lipinski definition) is 4. The largest absolute Gasteiger partial charge is 0.790 e. The molecule has 0 spiro atoms. The summed E-state index contributed by atoms with van der Waals surface area (Å²) in [6.45, 7) is 21.0. The number of allylic oxidation sites excluding steroid dienone is 5. The van der Waals surface area contributed by atoms with E-state index in [1.807, 2.05) is 250 Å². The number of hydrogen-bond acceptors (Lipinski definition) is 16. The Morgan fingerprint density at radius 2 is 0.633 bits per heavy atom. The van der Waals surface area contributed by atoms with Crippen LogP contribution in [0.25, 0.3) is 5.57 Å². The average Bonchev–Trinajstić information content (AvgIpc) is 0.759. The molecule has 0 aromatic heterocycles. The van der Waals surface area contributed by atoms with Crippen LogP contribution in [0, 0.1) is 22.7 Å². The molecule has 0 atom stereocenters. The predicted octanol–water partition coefficient (Wildman–Crippen LogP) is 10.6. The van der Waals surface area contributed by atoms with Gasteiger partial charge in [-0.25, -0.2) is 4.58 Å². The van der Waals surface area contributed by atoms with Crippen LogP contribution in [0.5, 0.6) is 17.2 Å². The van der Waals surface area contributed by atoms with Crippen molar-refractivity contribution in [1.29, 1.82) is 10.5 Å². The molecule has 0 unspecified atom stereocenters. The third-order valence-corrected chi connectivity index (χ3v) is 19.5. The molecule has 1 aliphatic rings. The molecule has 0 radical (unpaired) electrons. The van der Waals surface area contributed by atoms with Gasteiger partial charge in [-0.2, -0.15) is 10.5 Å². The fourth-order valence-electron chi connectivity index (χ4n) is 12.2. The third kappa shape index (κ3) is 26.1. The van der Waals surface area contributed by atoms with Gasteiger partial charge < -0.3 is 77.6 Å². The number of quaternary nitrogens is 2. The highest BCUT2D eigenvalue weighted by molar-refractivity contribution is 7.43. The van der Waals surface area contributed by atoms with Crippen LogP contribution in [-0.2, 0) is 19.9 Å². The van der Waals surface area contributed by atoms with Crippen LogP contribution in [0.4, 0.5) is 28.4 Å². The average molecular weight is 1500 g/mol. The smallest absolute Gasteiger partial charge is 0.199 e.